The molecule has 2 fully saturated rings. The summed E-state index contributed by atoms with van der Waals surface area (Å²) in [6.45, 7) is 7.52. The third-order valence-corrected chi connectivity index (χ3v) is 7.08. The fourth-order valence-electron chi connectivity index (χ4n) is 5.59. The maximum absolute atomic E-state index is 12.5. The van der Waals surface area contributed by atoms with E-state index in [4.69, 9.17) is 9.47 Å². The van der Waals surface area contributed by atoms with E-state index in [-0.39, 0.29) is 17.9 Å². The van der Waals surface area contributed by atoms with Crippen molar-refractivity contribution in [2.75, 3.05) is 6.61 Å². The topological polar surface area (TPSA) is 113 Å². The second kappa shape index (κ2) is 7.94. The van der Waals surface area contributed by atoms with E-state index in [0.717, 1.165) is 12.8 Å². The maximum Gasteiger partial charge on any atom is 0.343 e. The summed E-state index contributed by atoms with van der Waals surface area (Å²) in [6.07, 6.45) is 7.07. The second-order valence-corrected chi connectivity index (χ2v) is 9.59. The van der Waals surface area contributed by atoms with Gasteiger partial charge in [-0.2, -0.15) is 0 Å². The van der Waals surface area contributed by atoms with E-state index in [2.05, 4.69) is 13.8 Å². The molecule has 3 N–H and O–H groups in total. The first-order valence-electron chi connectivity index (χ1n) is 10.5. The van der Waals surface area contributed by atoms with Gasteiger partial charge in [-0.3, -0.25) is 0 Å². The average molecular weight is 421 g/mol. The molecule has 7 nitrogen and oxygen atoms in total. The molecule has 0 radical (unpaired) electrons. The number of carbonyl (C=O) groups excluding carboxylic acids is 2. The molecule has 1 aliphatic heterocycles. The van der Waals surface area contributed by atoms with Crippen LogP contribution in [0.4, 0.5) is 0 Å². The van der Waals surface area contributed by atoms with Gasteiger partial charge in [-0.25, -0.2) is 9.59 Å². The molecule has 166 valence electrons. The van der Waals surface area contributed by atoms with Crippen molar-refractivity contribution in [2.45, 2.75) is 70.9 Å². The van der Waals surface area contributed by atoms with Gasteiger partial charge in [0.1, 0.15) is 12.7 Å². The zero-order valence-electron chi connectivity index (χ0n) is 18.0. The van der Waals surface area contributed by atoms with Crippen molar-refractivity contribution in [3.63, 3.8) is 0 Å². The van der Waals surface area contributed by atoms with E-state index >= 15 is 0 Å². The number of rotatable bonds is 5. The van der Waals surface area contributed by atoms with Gasteiger partial charge >= 0.3 is 11.9 Å². The van der Waals surface area contributed by atoms with Gasteiger partial charge in [0.2, 0.25) is 0 Å². The van der Waals surface area contributed by atoms with Crippen LogP contribution in [0.25, 0.3) is 0 Å². The molecule has 6 atom stereocenters. The molecule has 0 unspecified atom stereocenters. The van der Waals surface area contributed by atoms with Crippen LogP contribution in [0.15, 0.2) is 36.0 Å². The molecule has 1 saturated heterocycles. The fraction of sp³-hybridized carbons (Fsp3) is 0.652. The summed E-state index contributed by atoms with van der Waals surface area (Å²) < 4.78 is 11.0. The number of allylic oxidation sites excluding steroid dienone is 2. The third kappa shape index (κ3) is 3.63. The van der Waals surface area contributed by atoms with Crippen LogP contribution in [-0.2, 0) is 19.1 Å². The third-order valence-electron chi connectivity index (χ3n) is 7.08. The minimum absolute atomic E-state index is 0.00192. The van der Waals surface area contributed by atoms with Crippen molar-refractivity contribution >= 4 is 11.9 Å². The summed E-state index contributed by atoms with van der Waals surface area (Å²) in [5.41, 5.74) is -2.29. The summed E-state index contributed by atoms with van der Waals surface area (Å²) in [6, 6.07) is 0. The summed E-state index contributed by atoms with van der Waals surface area (Å²) in [4.78, 5) is 25.0. The molecule has 0 aromatic carbocycles. The summed E-state index contributed by atoms with van der Waals surface area (Å²) >= 11 is 0. The Bertz CT molecular complexity index is 793. The van der Waals surface area contributed by atoms with Crippen LogP contribution in [0.2, 0.25) is 0 Å². The number of hydrogen-bond donors (Lipinski definition) is 3. The largest absolute Gasteiger partial charge is 0.459 e. The Balaban J connectivity index is 1.86. The number of hydrogen-bond acceptors (Lipinski definition) is 7. The summed E-state index contributed by atoms with van der Waals surface area (Å²) in [7, 11) is 0. The highest BCUT2D eigenvalue weighted by molar-refractivity contribution is 5.88. The molecule has 3 aliphatic rings. The van der Waals surface area contributed by atoms with Gasteiger partial charge < -0.3 is 24.8 Å². The van der Waals surface area contributed by atoms with Crippen LogP contribution in [0.5, 0.6) is 0 Å². The van der Waals surface area contributed by atoms with Gasteiger partial charge in [0.15, 0.2) is 5.60 Å². The van der Waals surface area contributed by atoms with Gasteiger partial charge in [0.05, 0.1) is 12.2 Å². The van der Waals surface area contributed by atoms with Crippen LogP contribution in [0.3, 0.4) is 0 Å². The first-order chi connectivity index (χ1) is 13.9. The van der Waals surface area contributed by atoms with Crippen molar-refractivity contribution in [3.8, 4) is 0 Å². The van der Waals surface area contributed by atoms with E-state index in [9.17, 15) is 24.9 Å². The van der Waals surface area contributed by atoms with Crippen LogP contribution >= 0.6 is 0 Å². The molecular formula is C23H32O7. The Morgan fingerprint density at radius 2 is 1.97 bits per heavy atom. The van der Waals surface area contributed by atoms with Crippen LogP contribution in [0, 0.1) is 16.7 Å². The standard InChI is InChI=1S/C23H32O7/c1-14(24)16(25)8-5-6-9-18(26)30-17-12-15-13-29-20(27)23(15,28)22(4)11-7-10-21(2,3)19(17)22/h5-6,8-9,12,14,16-17,19,24-25,28H,7,10-11,13H2,1-4H3/t14-,16+,17-,19+,22+,23+/m1/s1. The lowest BCUT2D eigenvalue weighted by atomic mass is 9.46. The lowest BCUT2D eigenvalue weighted by molar-refractivity contribution is -0.194. The smallest absolute Gasteiger partial charge is 0.343 e. The van der Waals surface area contributed by atoms with E-state index in [1.807, 2.05) is 6.92 Å². The molecule has 0 amide bonds. The molecule has 7 heteroatoms. The number of ether oxygens (including phenoxy) is 2. The lowest BCUT2D eigenvalue weighted by Crippen LogP contribution is -2.65. The highest BCUT2D eigenvalue weighted by atomic mass is 16.6. The van der Waals surface area contributed by atoms with Gasteiger partial charge in [-0.05, 0) is 31.3 Å². The minimum atomic E-state index is -1.69. The number of carbonyl (C=O) groups is 2. The predicted molar refractivity (Wildman–Crippen MR) is 109 cm³/mol. The molecule has 1 saturated carbocycles. The summed E-state index contributed by atoms with van der Waals surface area (Å²) in [5, 5.41) is 30.2. The molecule has 2 aliphatic carbocycles. The van der Waals surface area contributed by atoms with Crippen molar-refractivity contribution in [1.29, 1.82) is 0 Å². The highest BCUT2D eigenvalue weighted by Gasteiger charge is 2.69. The van der Waals surface area contributed by atoms with Gasteiger partial charge in [-0.15, -0.1) is 0 Å². The van der Waals surface area contributed by atoms with Gasteiger partial charge in [0.25, 0.3) is 0 Å². The van der Waals surface area contributed by atoms with E-state index in [0.29, 0.717) is 12.0 Å². The van der Waals surface area contributed by atoms with Crippen LogP contribution < -0.4 is 0 Å². The number of fused-ring (bicyclic) bond motifs is 3. The molecule has 1 heterocycles. The molecule has 0 bridgehead atoms. The molecular weight excluding hydrogens is 388 g/mol. The number of cyclic esters (lactones) is 1. The van der Waals surface area contributed by atoms with Crippen LogP contribution in [-0.4, -0.2) is 57.8 Å². The number of aliphatic hydroxyl groups excluding tert-OH is 2. The fourth-order valence-corrected chi connectivity index (χ4v) is 5.59. The molecule has 3 rings (SSSR count). The Morgan fingerprint density at radius 1 is 1.27 bits per heavy atom. The Labute approximate surface area is 177 Å². The van der Waals surface area contributed by atoms with Crippen molar-refractivity contribution in [3.05, 3.63) is 36.0 Å². The first-order valence-corrected chi connectivity index (χ1v) is 10.5. The molecule has 30 heavy (non-hydrogen) atoms. The van der Waals surface area contributed by atoms with Crippen molar-refractivity contribution in [1.82, 2.24) is 0 Å². The monoisotopic (exact) mass is 420 g/mol. The van der Waals surface area contributed by atoms with Crippen molar-refractivity contribution in [2.24, 2.45) is 16.7 Å². The van der Waals surface area contributed by atoms with Crippen molar-refractivity contribution < 1.29 is 34.4 Å². The van der Waals surface area contributed by atoms with Gasteiger partial charge in [-0.1, -0.05) is 45.4 Å². The summed E-state index contributed by atoms with van der Waals surface area (Å²) in [5.74, 6) is -1.44. The predicted octanol–water partition coefficient (Wildman–Crippen LogP) is 1.81. The Hall–Kier alpha value is -1.96. The maximum atomic E-state index is 12.5. The first kappa shape index (κ1) is 22.7. The zero-order chi connectivity index (χ0) is 22.3. The van der Waals surface area contributed by atoms with E-state index in [1.54, 1.807) is 6.08 Å². The van der Waals surface area contributed by atoms with Crippen LogP contribution in [0.1, 0.15) is 47.0 Å². The molecule has 0 aromatic heterocycles. The SMILES string of the molecule is C[C@@H](O)[C@@H](O)C=CC=CC(=O)O[C@@H]1C=C2COC(=O)[C@]2(O)[C@@]2(C)CCCC(C)(C)[C@H]12. The number of aliphatic hydroxyl groups is 3. The Kier molecular flexibility index (Phi) is 6.02. The normalized spacial score (nSPS) is 37.3. The molecule has 0 aromatic rings. The quantitative estimate of drug-likeness (QED) is 0.269. The van der Waals surface area contributed by atoms with E-state index in [1.165, 1.54) is 31.2 Å². The number of esters is 2. The minimum Gasteiger partial charge on any atom is -0.459 e. The van der Waals surface area contributed by atoms with E-state index < -0.39 is 41.3 Å². The lowest BCUT2D eigenvalue weighted by Gasteiger charge is -2.59. The zero-order valence-corrected chi connectivity index (χ0v) is 18.0. The average Bonchev–Trinajstić information content (AvgIpc) is 2.94. The molecule has 0 spiro atoms. The van der Waals surface area contributed by atoms with Gasteiger partial charge in [0, 0.05) is 23.0 Å². The second-order valence-electron chi connectivity index (χ2n) is 9.59. The highest BCUT2D eigenvalue weighted by Crippen LogP contribution is 2.63. The Morgan fingerprint density at radius 3 is 2.63 bits per heavy atom.